The van der Waals surface area contributed by atoms with E-state index >= 15 is 0 Å². The zero-order chi connectivity index (χ0) is 22.9. The minimum absolute atomic E-state index is 0. The maximum absolute atomic E-state index is 12.6. The minimum Gasteiger partial charge on any atom is -0.496 e. The number of hydrogen-bond acceptors (Lipinski definition) is 7. The highest BCUT2D eigenvalue weighted by Gasteiger charge is 2.14. The first-order valence-corrected chi connectivity index (χ1v) is 10.8. The summed E-state index contributed by atoms with van der Waals surface area (Å²) in [4.78, 5) is 39.3. The fourth-order valence-electron chi connectivity index (χ4n) is 2.83. The van der Waals surface area contributed by atoms with Crippen molar-refractivity contribution >= 4 is 47.0 Å². The molecule has 2 amide bonds. The molecule has 174 valence electrons. The SMILES string of the molecule is CCCOc1ccc(OC)c(-c2csc(NC(=O)c3ccc(C(=O)NCC=O)cc3)n2)c1.Cl. The van der Waals surface area contributed by atoms with E-state index in [1.165, 1.54) is 35.6 Å². The van der Waals surface area contributed by atoms with Gasteiger partial charge in [0.05, 0.1) is 26.0 Å². The van der Waals surface area contributed by atoms with Crippen molar-refractivity contribution < 1.29 is 23.9 Å². The number of aromatic nitrogens is 1. The Morgan fingerprint density at radius 2 is 1.79 bits per heavy atom. The Balaban J connectivity index is 0.00000385. The summed E-state index contributed by atoms with van der Waals surface area (Å²) in [6.45, 7) is 2.59. The number of rotatable bonds is 10. The number of methoxy groups -OCH3 is 1. The average Bonchev–Trinajstić information content (AvgIpc) is 3.29. The molecular formula is C23H24ClN3O5S. The lowest BCUT2D eigenvalue weighted by Gasteiger charge is -2.10. The molecule has 0 unspecified atom stereocenters. The predicted octanol–water partition coefficient (Wildman–Crippen LogP) is 4.21. The number of carbonyl (C=O) groups is 3. The molecule has 0 aliphatic heterocycles. The second-order valence-corrected chi connectivity index (χ2v) is 7.51. The fraction of sp³-hybridized carbons (Fsp3) is 0.217. The van der Waals surface area contributed by atoms with Gasteiger partial charge in [0.1, 0.15) is 17.8 Å². The summed E-state index contributed by atoms with van der Waals surface area (Å²) < 4.78 is 11.1. The maximum Gasteiger partial charge on any atom is 0.257 e. The number of ether oxygens (including phenoxy) is 2. The number of halogens is 1. The average molecular weight is 490 g/mol. The van der Waals surface area contributed by atoms with Gasteiger partial charge in [-0.3, -0.25) is 14.9 Å². The molecular weight excluding hydrogens is 466 g/mol. The summed E-state index contributed by atoms with van der Waals surface area (Å²) in [6, 6.07) is 11.7. The summed E-state index contributed by atoms with van der Waals surface area (Å²) in [5.74, 6) is 0.643. The van der Waals surface area contributed by atoms with Gasteiger partial charge in [-0.1, -0.05) is 6.92 Å². The molecule has 2 N–H and O–H groups in total. The summed E-state index contributed by atoms with van der Waals surface area (Å²) >= 11 is 1.29. The number of benzene rings is 2. The van der Waals surface area contributed by atoms with E-state index in [2.05, 4.69) is 15.6 Å². The van der Waals surface area contributed by atoms with E-state index in [4.69, 9.17) is 9.47 Å². The van der Waals surface area contributed by atoms with Crippen LogP contribution < -0.4 is 20.1 Å². The molecule has 0 saturated heterocycles. The highest BCUT2D eigenvalue weighted by molar-refractivity contribution is 7.14. The first-order valence-electron chi connectivity index (χ1n) is 9.95. The Morgan fingerprint density at radius 1 is 1.09 bits per heavy atom. The lowest BCUT2D eigenvalue weighted by molar-refractivity contribution is -0.107. The molecule has 0 bridgehead atoms. The van der Waals surface area contributed by atoms with Gasteiger partial charge >= 0.3 is 0 Å². The maximum atomic E-state index is 12.6. The Labute approximate surface area is 201 Å². The zero-order valence-corrected chi connectivity index (χ0v) is 19.8. The standard InChI is InChI=1S/C23H23N3O5S.ClH/c1-3-12-31-17-8-9-20(30-2)18(13-17)19-14-32-23(25-19)26-22(29)16-6-4-15(5-7-16)21(28)24-10-11-27;/h4-9,11,13-14H,3,10,12H2,1-2H3,(H,24,28)(H,25,26,29);1H. The van der Waals surface area contributed by atoms with E-state index in [0.29, 0.717) is 40.6 Å². The molecule has 0 radical (unpaired) electrons. The van der Waals surface area contributed by atoms with Gasteiger partial charge in [0, 0.05) is 22.1 Å². The van der Waals surface area contributed by atoms with E-state index in [1.807, 2.05) is 30.5 Å². The van der Waals surface area contributed by atoms with Crippen molar-refractivity contribution in [3.8, 4) is 22.8 Å². The molecule has 33 heavy (non-hydrogen) atoms. The Bertz CT molecular complexity index is 1100. The normalized spacial score (nSPS) is 10.0. The van der Waals surface area contributed by atoms with Gasteiger partial charge in [-0.15, -0.1) is 23.7 Å². The van der Waals surface area contributed by atoms with Crippen molar-refractivity contribution in [2.45, 2.75) is 13.3 Å². The smallest absolute Gasteiger partial charge is 0.257 e. The van der Waals surface area contributed by atoms with Crippen molar-refractivity contribution in [3.63, 3.8) is 0 Å². The number of aldehydes is 1. The molecule has 3 aromatic rings. The van der Waals surface area contributed by atoms with Crippen LogP contribution in [0.1, 0.15) is 34.1 Å². The molecule has 0 atom stereocenters. The summed E-state index contributed by atoms with van der Waals surface area (Å²) in [7, 11) is 1.59. The fourth-order valence-corrected chi connectivity index (χ4v) is 3.54. The summed E-state index contributed by atoms with van der Waals surface area (Å²) in [6.07, 6.45) is 1.50. The van der Waals surface area contributed by atoms with Crippen LogP contribution in [0.5, 0.6) is 11.5 Å². The van der Waals surface area contributed by atoms with E-state index in [9.17, 15) is 14.4 Å². The van der Waals surface area contributed by atoms with Crippen molar-refractivity contribution in [2.75, 3.05) is 25.6 Å². The van der Waals surface area contributed by atoms with Crippen molar-refractivity contribution in [3.05, 3.63) is 59.0 Å². The van der Waals surface area contributed by atoms with Gasteiger partial charge in [-0.05, 0) is 48.9 Å². The molecule has 0 fully saturated rings. The first kappa shape index (κ1) is 25.8. The van der Waals surface area contributed by atoms with Gasteiger partial charge in [0.25, 0.3) is 11.8 Å². The van der Waals surface area contributed by atoms with Gasteiger partial charge in [-0.25, -0.2) is 4.98 Å². The highest BCUT2D eigenvalue weighted by atomic mass is 35.5. The van der Waals surface area contributed by atoms with Gasteiger partial charge in [0.2, 0.25) is 0 Å². The lowest BCUT2D eigenvalue weighted by atomic mass is 10.1. The van der Waals surface area contributed by atoms with Gasteiger partial charge in [-0.2, -0.15) is 0 Å². The van der Waals surface area contributed by atoms with Crippen LogP contribution in [0.3, 0.4) is 0 Å². The van der Waals surface area contributed by atoms with E-state index in [-0.39, 0.29) is 30.8 Å². The molecule has 1 aromatic heterocycles. The monoisotopic (exact) mass is 489 g/mol. The Kier molecular flexibility index (Phi) is 9.84. The second kappa shape index (κ2) is 12.6. The number of thiazole rings is 1. The first-order chi connectivity index (χ1) is 15.5. The molecule has 2 aromatic carbocycles. The molecule has 8 nitrogen and oxygen atoms in total. The van der Waals surface area contributed by atoms with Crippen molar-refractivity contribution in [2.24, 2.45) is 0 Å². The van der Waals surface area contributed by atoms with Gasteiger partial charge < -0.3 is 19.6 Å². The third kappa shape index (κ3) is 6.77. The van der Waals surface area contributed by atoms with Crippen LogP contribution >= 0.6 is 23.7 Å². The third-order valence-corrected chi connectivity index (χ3v) is 5.16. The van der Waals surface area contributed by atoms with E-state index in [1.54, 1.807) is 7.11 Å². The molecule has 0 spiro atoms. The topological polar surface area (TPSA) is 107 Å². The summed E-state index contributed by atoms with van der Waals surface area (Å²) in [5.41, 5.74) is 2.16. The van der Waals surface area contributed by atoms with Crippen LogP contribution in [-0.2, 0) is 4.79 Å². The van der Waals surface area contributed by atoms with Crippen LogP contribution in [0, 0.1) is 0 Å². The zero-order valence-electron chi connectivity index (χ0n) is 18.1. The number of carbonyl (C=O) groups excluding carboxylic acids is 3. The van der Waals surface area contributed by atoms with Crippen molar-refractivity contribution in [1.29, 1.82) is 0 Å². The number of anilines is 1. The molecule has 0 saturated carbocycles. The molecule has 10 heteroatoms. The number of nitrogens with zero attached hydrogens (tertiary/aromatic N) is 1. The van der Waals surface area contributed by atoms with Gasteiger partial charge in [0.15, 0.2) is 5.13 Å². The largest absolute Gasteiger partial charge is 0.496 e. The van der Waals surface area contributed by atoms with E-state index < -0.39 is 0 Å². The second-order valence-electron chi connectivity index (χ2n) is 6.66. The number of nitrogens with one attached hydrogen (secondary N) is 2. The Morgan fingerprint density at radius 3 is 2.42 bits per heavy atom. The molecule has 0 aliphatic carbocycles. The van der Waals surface area contributed by atoms with Crippen molar-refractivity contribution in [1.82, 2.24) is 10.3 Å². The number of amides is 2. The number of hydrogen-bond donors (Lipinski definition) is 2. The van der Waals surface area contributed by atoms with Crippen LogP contribution in [0.25, 0.3) is 11.3 Å². The van der Waals surface area contributed by atoms with Crippen LogP contribution in [0.4, 0.5) is 5.13 Å². The Hall–Kier alpha value is -3.43. The predicted molar refractivity (Wildman–Crippen MR) is 130 cm³/mol. The third-order valence-electron chi connectivity index (χ3n) is 4.40. The molecule has 0 aliphatic rings. The molecule has 1 heterocycles. The highest BCUT2D eigenvalue weighted by Crippen LogP contribution is 2.35. The van der Waals surface area contributed by atoms with Crippen LogP contribution in [-0.4, -0.2) is 43.3 Å². The minimum atomic E-state index is -0.382. The van der Waals surface area contributed by atoms with E-state index in [0.717, 1.165) is 17.7 Å². The molecule has 3 rings (SSSR count). The van der Waals surface area contributed by atoms with Crippen LogP contribution in [0.15, 0.2) is 47.8 Å². The summed E-state index contributed by atoms with van der Waals surface area (Å²) in [5, 5.41) is 7.47. The quantitative estimate of drug-likeness (QED) is 0.413. The van der Waals surface area contributed by atoms with Crippen LogP contribution in [0.2, 0.25) is 0 Å². The lowest BCUT2D eigenvalue weighted by Crippen LogP contribution is -2.25.